The van der Waals surface area contributed by atoms with Crippen molar-refractivity contribution in [2.45, 2.75) is 43.9 Å². The van der Waals surface area contributed by atoms with Gasteiger partial charge >= 0.3 is 0 Å². The highest BCUT2D eigenvalue weighted by atomic mass is 79.9. The van der Waals surface area contributed by atoms with Crippen LogP contribution in [0.4, 0.5) is 0 Å². The molecule has 2 fully saturated rings. The second-order valence-electron chi connectivity index (χ2n) is 7.05. The Morgan fingerprint density at radius 1 is 1.00 bits per heavy atom. The van der Waals surface area contributed by atoms with E-state index in [4.69, 9.17) is 15.2 Å². The van der Waals surface area contributed by atoms with E-state index in [0.29, 0.717) is 6.54 Å². The number of ether oxygens (including phenoxy) is 2. The summed E-state index contributed by atoms with van der Waals surface area (Å²) in [7, 11) is 0. The molecule has 0 amide bonds. The summed E-state index contributed by atoms with van der Waals surface area (Å²) in [6.45, 7) is 2.28. The Balaban J connectivity index is 1.72. The smallest absolute Gasteiger partial charge is 0.162 e. The molecule has 0 aromatic heterocycles. The van der Waals surface area contributed by atoms with Crippen LogP contribution in [0.25, 0.3) is 0 Å². The fraction of sp³-hybridized carbons (Fsp3) is 0.647. The number of nitrogens with two attached hydrogens (primary N) is 1. The third-order valence-electron chi connectivity index (χ3n) is 5.58. The van der Waals surface area contributed by atoms with Gasteiger partial charge in [-0.3, -0.25) is 0 Å². The summed E-state index contributed by atoms with van der Waals surface area (Å²) in [4.78, 5) is 0. The Kier molecular flexibility index (Phi) is 3.23. The molecule has 3 nitrogen and oxygen atoms in total. The lowest BCUT2D eigenvalue weighted by atomic mass is 9.79. The van der Waals surface area contributed by atoms with E-state index >= 15 is 0 Å². The number of rotatable bonds is 2. The van der Waals surface area contributed by atoms with Crippen molar-refractivity contribution >= 4 is 15.9 Å². The maximum absolute atomic E-state index is 6.14. The number of benzene rings is 1. The van der Waals surface area contributed by atoms with Crippen LogP contribution >= 0.6 is 15.9 Å². The van der Waals surface area contributed by atoms with Gasteiger partial charge in [-0.05, 0) is 43.4 Å². The Morgan fingerprint density at radius 2 is 1.62 bits per heavy atom. The highest BCUT2D eigenvalue weighted by Crippen LogP contribution is 2.51. The third-order valence-corrected chi connectivity index (χ3v) is 6.24. The molecular formula is C17H22BrNO2. The first-order valence-corrected chi connectivity index (χ1v) is 8.76. The molecule has 21 heavy (non-hydrogen) atoms. The van der Waals surface area contributed by atoms with Gasteiger partial charge in [-0.25, -0.2) is 0 Å². The molecule has 2 saturated carbocycles. The van der Waals surface area contributed by atoms with Crippen LogP contribution < -0.4 is 15.2 Å². The van der Waals surface area contributed by atoms with E-state index in [1.807, 2.05) is 0 Å². The van der Waals surface area contributed by atoms with Crippen molar-refractivity contribution in [1.29, 1.82) is 0 Å². The minimum atomic E-state index is 0.112. The molecular weight excluding hydrogens is 330 g/mol. The van der Waals surface area contributed by atoms with Crippen LogP contribution in [0.2, 0.25) is 0 Å². The standard InChI is InChI=1S/C17H22BrNO2/c18-13-8-15-14(20-10-16(5-6-16)11-21-15)7-12(13)17(9-19)3-1-2-4-17/h7-8H,1-6,9-11,19H2. The van der Waals surface area contributed by atoms with Gasteiger partial charge < -0.3 is 15.2 Å². The molecule has 2 aliphatic carbocycles. The van der Waals surface area contributed by atoms with E-state index in [1.54, 1.807) is 0 Å². The zero-order chi connectivity index (χ0) is 14.5. The van der Waals surface area contributed by atoms with Crippen molar-refractivity contribution in [2.75, 3.05) is 19.8 Å². The molecule has 4 rings (SSSR count). The molecule has 2 N–H and O–H groups in total. The Hall–Kier alpha value is -0.740. The van der Waals surface area contributed by atoms with Gasteiger partial charge in [-0.2, -0.15) is 0 Å². The molecule has 114 valence electrons. The maximum Gasteiger partial charge on any atom is 0.162 e. The largest absolute Gasteiger partial charge is 0.489 e. The van der Waals surface area contributed by atoms with Crippen molar-refractivity contribution in [3.05, 3.63) is 22.2 Å². The van der Waals surface area contributed by atoms with E-state index in [2.05, 4.69) is 28.1 Å². The number of halogens is 1. The summed E-state index contributed by atoms with van der Waals surface area (Å²) in [5.41, 5.74) is 7.83. The zero-order valence-electron chi connectivity index (χ0n) is 12.3. The van der Waals surface area contributed by atoms with E-state index in [0.717, 1.165) is 29.2 Å². The molecule has 0 saturated heterocycles. The number of hydrogen-bond acceptors (Lipinski definition) is 3. The fourth-order valence-electron chi connectivity index (χ4n) is 3.77. The second-order valence-corrected chi connectivity index (χ2v) is 7.90. The molecule has 1 aliphatic heterocycles. The molecule has 1 spiro atoms. The fourth-order valence-corrected chi connectivity index (χ4v) is 4.51. The van der Waals surface area contributed by atoms with E-state index < -0.39 is 0 Å². The number of fused-ring (bicyclic) bond motifs is 1. The lowest BCUT2D eigenvalue weighted by Gasteiger charge is -2.29. The highest BCUT2D eigenvalue weighted by molar-refractivity contribution is 9.10. The van der Waals surface area contributed by atoms with E-state index in [1.165, 1.54) is 44.1 Å². The predicted molar refractivity (Wildman–Crippen MR) is 86.0 cm³/mol. The van der Waals surface area contributed by atoms with Crippen LogP contribution in [-0.4, -0.2) is 19.8 Å². The van der Waals surface area contributed by atoms with E-state index in [9.17, 15) is 0 Å². The summed E-state index contributed by atoms with van der Waals surface area (Å²) in [6, 6.07) is 4.26. The van der Waals surface area contributed by atoms with Gasteiger partial charge in [0, 0.05) is 21.8 Å². The molecule has 0 unspecified atom stereocenters. The SMILES string of the molecule is NCC1(c2cc3c(cc2Br)OCC2(CC2)CO3)CCCC1. The molecule has 1 heterocycles. The molecule has 0 radical (unpaired) electrons. The van der Waals surface area contributed by atoms with Crippen LogP contribution in [0.15, 0.2) is 16.6 Å². The average molecular weight is 352 g/mol. The van der Waals surface area contributed by atoms with Crippen LogP contribution in [0, 0.1) is 5.41 Å². The lowest BCUT2D eigenvalue weighted by molar-refractivity contribution is 0.197. The Bertz CT molecular complexity index is 562. The summed E-state index contributed by atoms with van der Waals surface area (Å²) >= 11 is 3.74. The van der Waals surface area contributed by atoms with Crippen LogP contribution in [0.1, 0.15) is 44.1 Å². The van der Waals surface area contributed by atoms with Crippen LogP contribution in [-0.2, 0) is 5.41 Å². The lowest BCUT2D eigenvalue weighted by Crippen LogP contribution is -2.32. The zero-order valence-corrected chi connectivity index (χ0v) is 13.9. The Labute approximate surface area is 134 Å². The molecule has 3 aliphatic rings. The quantitative estimate of drug-likeness (QED) is 0.881. The van der Waals surface area contributed by atoms with Crippen LogP contribution in [0.3, 0.4) is 0 Å². The van der Waals surface area contributed by atoms with Gasteiger partial charge in [0.2, 0.25) is 0 Å². The second kappa shape index (κ2) is 4.88. The monoisotopic (exact) mass is 351 g/mol. The summed E-state index contributed by atoms with van der Waals surface area (Å²) < 4.78 is 13.2. The summed E-state index contributed by atoms with van der Waals surface area (Å²) in [5.74, 6) is 1.77. The predicted octanol–water partition coefficient (Wildman–Crippen LogP) is 3.77. The van der Waals surface area contributed by atoms with Crippen molar-refractivity contribution < 1.29 is 9.47 Å². The van der Waals surface area contributed by atoms with Crippen molar-refractivity contribution in [3.63, 3.8) is 0 Å². The molecule has 0 atom stereocenters. The third kappa shape index (κ3) is 2.27. The van der Waals surface area contributed by atoms with Crippen molar-refractivity contribution in [3.8, 4) is 11.5 Å². The van der Waals surface area contributed by atoms with Crippen molar-refractivity contribution in [2.24, 2.45) is 11.1 Å². The van der Waals surface area contributed by atoms with Gasteiger partial charge in [0.05, 0.1) is 13.2 Å². The minimum absolute atomic E-state index is 0.112. The first kappa shape index (κ1) is 13.9. The van der Waals surface area contributed by atoms with Gasteiger partial charge in [-0.1, -0.05) is 28.8 Å². The van der Waals surface area contributed by atoms with Crippen molar-refractivity contribution in [1.82, 2.24) is 0 Å². The topological polar surface area (TPSA) is 44.5 Å². The highest BCUT2D eigenvalue weighted by Gasteiger charge is 2.46. The van der Waals surface area contributed by atoms with Gasteiger partial charge in [0.15, 0.2) is 11.5 Å². The number of hydrogen-bond donors (Lipinski definition) is 1. The maximum atomic E-state index is 6.14. The first-order valence-electron chi connectivity index (χ1n) is 7.96. The molecule has 1 aromatic carbocycles. The normalized spacial score (nSPS) is 24.9. The molecule has 1 aromatic rings. The average Bonchev–Trinajstić information content (AvgIpc) is 3.15. The molecule has 0 bridgehead atoms. The van der Waals surface area contributed by atoms with Gasteiger partial charge in [-0.15, -0.1) is 0 Å². The van der Waals surface area contributed by atoms with Gasteiger partial charge in [0.25, 0.3) is 0 Å². The van der Waals surface area contributed by atoms with Gasteiger partial charge in [0.1, 0.15) is 0 Å². The Morgan fingerprint density at radius 3 is 2.19 bits per heavy atom. The van der Waals surface area contributed by atoms with E-state index in [-0.39, 0.29) is 10.8 Å². The van der Waals surface area contributed by atoms with Crippen LogP contribution in [0.5, 0.6) is 11.5 Å². The minimum Gasteiger partial charge on any atom is -0.489 e. The molecule has 4 heteroatoms. The summed E-state index contributed by atoms with van der Waals surface area (Å²) in [6.07, 6.45) is 7.32. The summed E-state index contributed by atoms with van der Waals surface area (Å²) in [5, 5.41) is 0. The first-order chi connectivity index (χ1) is 10.2.